The molecule has 0 radical (unpaired) electrons. The van der Waals surface area contributed by atoms with Crippen LogP contribution in [0.4, 0.5) is 0 Å². The van der Waals surface area contributed by atoms with Gasteiger partial charge in [0.25, 0.3) is 0 Å². The molecule has 0 heterocycles. The van der Waals surface area contributed by atoms with Crippen LogP contribution in [0.5, 0.6) is 0 Å². The molecule has 0 aliphatic heterocycles. The lowest BCUT2D eigenvalue weighted by Crippen LogP contribution is -1.90. The van der Waals surface area contributed by atoms with Crippen molar-refractivity contribution in [2.75, 3.05) is 0 Å². The highest BCUT2D eigenvalue weighted by molar-refractivity contribution is 5.53. The highest BCUT2D eigenvalue weighted by atomic mass is 14.3. The second-order valence-corrected chi connectivity index (χ2v) is 3.17. The molecule has 12 heavy (non-hydrogen) atoms. The molecule has 0 saturated heterocycles. The van der Waals surface area contributed by atoms with Gasteiger partial charge in [-0.05, 0) is 44.0 Å². The Morgan fingerprint density at radius 3 is 2.67 bits per heavy atom. The maximum Gasteiger partial charge on any atom is -0.00444 e. The Bertz CT molecular complexity index is 276. The molecule has 1 nitrogen and oxygen atoms in total. The molecule has 1 rings (SSSR count). The van der Waals surface area contributed by atoms with Crippen molar-refractivity contribution < 1.29 is 0 Å². The van der Waals surface area contributed by atoms with E-state index >= 15 is 0 Å². The zero-order valence-corrected chi connectivity index (χ0v) is 7.72. The van der Waals surface area contributed by atoms with Gasteiger partial charge in [-0.1, -0.05) is 23.8 Å². The van der Waals surface area contributed by atoms with Gasteiger partial charge in [0.1, 0.15) is 0 Å². The summed E-state index contributed by atoms with van der Waals surface area (Å²) >= 11 is 0. The van der Waals surface area contributed by atoms with E-state index in [1.54, 1.807) is 0 Å². The number of nitrogens with one attached hydrogen (secondary N) is 1. The second-order valence-electron chi connectivity index (χ2n) is 3.17. The smallest absolute Gasteiger partial charge is 0.00444 e. The summed E-state index contributed by atoms with van der Waals surface area (Å²) in [6, 6.07) is 6.49. The van der Waals surface area contributed by atoms with Crippen LogP contribution in [0.25, 0.3) is 0 Å². The molecule has 0 aromatic heterocycles. The van der Waals surface area contributed by atoms with E-state index in [-0.39, 0.29) is 0 Å². The van der Waals surface area contributed by atoms with Crippen molar-refractivity contribution in [2.24, 2.45) is 0 Å². The van der Waals surface area contributed by atoms with Crippen LogP contribution >= 0.6 is 0 Å². The average molecular weight is 161 g/mol. The lowest BCUT2D eigenvalue weighted by molar-refractivity contribution is 1.03. The summed E-state index contributed by atoms with van der Waals surface area (Å²) in [7, 11) is 0. The van der Waals surface area contributed by atoms with Crippen molar-refractivity contribution in [3.8, 4) is 0 Å². The van der Waals surface area contributed by atoms with E-state index in [2.05, 4.69) is 32.0 Å². The third-order valence-corrected chi connectivity index (χ3v) is 2.06. The molecule has 0 unspecified atom stereocenters. The zero-order valence-electron chi connectivity index (χ0n) is 7.72. The lowest BCUT2D eigenvalue weighted by atomic mass is 10.0. The summed E-state index contributed by atoms with van der Waals surface area (Å²) in [4.78, 5) is 0. The first-order valence-electron chi connectivity index (χ1n) is 4.29. The molecule has 0 amide bonds. The maximum absolute atomic E-state index is 6.94. The first-order valence-corrected chi connectivity index (χ1v) is 4.29. The van der Waals surface area contributed by atoms with Crippen LogP contribution in [0.1, 0.15) is 23.1 Å². The summed E-state index contributed by atoms with van der Waals surface area (Å²) in [6.07, 6.45) is 3.32. The highest BCUT2D eigenvalue weighted by Crippen LogP contribution is 2.11. The minimum atomic E-state index is 0.851. The van der Waals surface area contributed by atoms with Gasteiger partial charge in [-0.2, -0.15) is 0 Å². The van der Waals surface area contributed by atoms with Gasteiger partial charge in [0.2, 0.25) is 0 Å². The summed E-state index contributed by atoms with van der Waals surface area (Å²) in [5, 5.41) is 6.94. The monoisotopic (exact) mass is 161 g/mol. The van der Waals surface area contributed by atoms with Crippen LogP contribution in [-0.2, 0) is 6.42 Å². The van der Waals surface area contributed by atoms with Crippen LogP contribution < -0.4 is 0 Å². The molecule has 1 N–H and O–H groups in total. The summed E-state index contributed by atoms with van der Waals surface area (Å²) in [5.74, 6) is 0. The Balaban J connectivity index is 2.78. The topological polar surface area (TPSA) is 23.9 Å². The standard InChI is InChI=1S/C11H15N/c1-9-5-6-11(4-3-7-12)10(2)8-9/h5-8,12H,3-4H2,1-2H3. The molecule has 0 bridgehead atoms. The number of hydrogen-bond donors (Lipinski definition) is 1. The Hall–Kier alpha value is -1.11. The lowest BCUT2D eigenvalue weighted by Gasteiger charge is -2.04. The fourth-order valence-electron chi connectivity index (χ4n) is 1.35. The Kier molecular flexibility index (Phi) is 3.03. The minimum absolute atomic E-state index is 0.851. The van der Waals surface area contributed by atoms with E-state index in [1.807, 2.05) is 0 Å². The van der Waals surface area contributed by atoms with Gasteiger partial charge >= 0.3 is 0 Å². The van der Waals surface area contributed by atoms with Crippen molar-refractivity contribution in [1.82, 2.24) is 0 Å². The number of aryl methyl sites for hydroxylation is 3. The van der Waals surface area contributed by atoms with Crippen molar-refractivity contribution in [2.45, 2.75) is 26.7 Å². The van der Waals surface area contributed by atoms with E-state index in [4.69, 9.17) is 5.41 Å². The van der Waals surface area contributed by atoms with Crippen LogP contribution in [0.15, 0.2) is 18.2 Å². The Morgan fingerprint density at radius 1 is 1.33 bits per heavy atom. The van der Waals surface area contributed by atoms with Crippen molar-refractivity contribution >= 4 is 6.21 Å². The zero-order chi connectivity index (χ0) is 8.97. The van der Waals surface area contributed by atoms with Crippen LogP contribution in [0, 0.1) is 19.3 Å². The van der Waals surface area contributed by atoms with Gasteiger partial charge in [-0.25, -0.2) is 0 Å². The number of rotatable bonds is 3. The van der Waals surface area contributed by atoms with E-state index in [0.717, 1.165) is 12.8 Å². The minimum Gasteiger partial charge on any atom is -0.313 e. The summed E-state index contributed by atoms with van der Waals surface area (Å²) in [6.45, 7) is 4.24. The van der Waals surface area contributed by atoms with Crippen molar-refractivity contribution in [3.63, 3.8) is 0 Å². The van der Waals surface area contributed by atoms with Crippen LogP contribution in [-0.4, -0.2) is 6.21 Å². The highest BCUT2D eigenvalue weighted by Gasteiger charge is 1.96. The average Bonchev–Trinajstić information content (AvgIpc) is 2.03. The van der Waals surface area contributed by atoms with Crippen molar-refractivity contribution in [3.05, 3.63) is 34.9 Å². The Morgan fingerprint density at radius 2 is 2.08 bits per heavy atom. The van der Waals surface area contributed by atoms with Crippen LogP contribution in [0.2, 0.25) is 0 Å². The van der Waals surface area contributed by atoms with Gasteiger partial charge in [0.15, 0.2) is 0 Å². The second kappa shape index (κ2) is 4.05. The molecular formula is C11H15N. The molecule has 1 heteroatoms. The van der Waals surface area contributed by atoms with Gasteiger partial charge in [0.05, 0.1) is 0 Å². The van der Waals surface area contributed by atoms with E-state index in [1.165, 1.54) is 22.9 Å². The predicted octanol–water partition coefficient (Wildman–Crippen LogP) is 2.89. The molecule has 64 valence electrons. The molecule has 0 spiro atoms. The molecular weight excluding hydrogens is 146 g/mol. The van der Waals surface area contributed by atoms with Gasteiger partial charge < -0.3 is 5.41 Å². The normalized spacial score (nSPS) is 9.83. The molecule has 1 aromatic carbocycles. The molecule has 1 aromatic rings. The van der Waals surface area contributed by atoms with E-state index in [0.29, 0.717) is 0 Å². The fraction of sp³-hybridized carbons (Fsp3) is 0.364. The van der Waals surface area contributed by atoms with E-state index in [9.17, 15) is 0 Å². The van der Waals surface area contributed by atoms with Gasteiger partial charge in [-0.15, -0.1) is 0 Å². The maximum atomic E-state index is 6.94. The summed E-state index contributed by atoms with van der Waals surface area (Å²) in [5.41, 5.74) is 4.02. The molecule has 0 fully saturated rings. The van der Waals surface area contributed by atoms with Crippen LogP contribution in [0.3, 0.4) is 0 Å². The number of hydrogen-bond acceptors (Lipinski definition) is 1. The largest absolute Gasteiger partial charge is 0.313 e. The summed E-state index contributed by atoms with van der Waals surface area (Å²) < 4.78 is 0. The fourth-order valence-corrected chi connectivity index (χ4v) is 1.35. The Labute approximate surface area is 73.9 Å². The van der Waals surface area contributed by atoms with E-state index < -0.39 is 0 Å². The number of benzene rings is 1. The van der Waals surface area contributed by atoms with Gasteiger partial charge in [-0.3, -0.25) is 0 Å². The third kappa shape index (κ3) is 2.19. The predicted molar refractivity (Wildman–Crippen MR) is 53.0 cm³/mol. The molecule has 0 aliphatic carbocycles. The van der Waals surface area contributed by atoms with Crippen molar-refractivity contribution in [1.29, 1.82) is 5.41 Å². The third-order valence-electron chi connectivity index (χ3n) is 2.06. The molecule has 0 atom stereocenters. The first-order chi connectivity index (χ1) is 5.74. The SMILES string of the molecule is Cc1ccc(CCC=N)c(C)c1. The first kappa shape index (κ1) is 8.98. The molecule has 0 saturated carbocycles. The quantitative estimate of drug-likeness (QED) is 0.659. The van der Waals surface area contributed by atoms with Gasteiger partial charge in [0, 0.05) is 0 Å². The molecule has 0 aliphatic rings.